The van der Waals surface area contributed by atoms with E-state index in [2.05, 4.69) is 15.9 Å². The van der Waals surface area contributed by atoms with Crippen LogP contribution in [0.2, 0.25) is 0 Å². The highest BCUT2D eigenvalue weighted by atomic mass is 79.9. The molecule has 0 aliphatic rings. The number of fused-ring (bicyclic) bond motifs is 2. The Hall–Kier alpha value is -1.90. The Morgan fingerprint density at radius 3 is 1.74 bits per heavy atom. The van der Waals surface area contributed by atoms with Crippen molar-refractivity contribution in [1.82, 2.24) is 0 Å². The molecular formula is C20H21BrO6. The lowest BCUT2D eigenvalue weighted by atomic mass is 10.0. The molecule has 0 saturated carbocycles. The molecule has 144 valence electrons. The summed E-state index contributed by atoms with van der Waals surface area (Å²) in [6.07, 6.45) is -1.97. The second-order valence-corrected chi connectivity index (χ2v) is 7.10. The second kappa shape index (κ2) is 8.86. The lowest BCUT2D eigenvalue weighted by Crippen LogP contribution is -2.22. The summed E-state index contributed by atoms with van der Waals surface area (Å²) in [5.74, 6) is 1.15. The topological polar surface area (TPSA) is 99.4 Å². The predicted octanol–water partition coefficient (Wildman–Crippen LogP) is 2.22. The highest BCUT2D eigenvalue weighted by molar-refractivity contribution is 9.10. The molecule has 0 aliphatic carbocycles. The predicted molar refractivity (Wildman–Crippen MR) is 106 cm³/mol. The normalized spacial score (nSPS) is 13.7. The molecule has 0 radical (unpaired) electrons. The summed E-state index contributed by atoms with van der Waals surface area (Å²) in [7, 11) is 0. The van der Waals surface area contributed by atoms with Crippen LogP contribution < -0.4 is 9.47 Å². The first kappa shape index (κ1) is 19.9. The van der Waals surface area contributed by atoms with Gasteiger partial charge in [-0.2, -0.15) is 0 Å². The molecule has 0 heterocycles. The van der Waals surface area contributed by atoms with Gasteiger partial charge in [0.25, 0.3) is 0 Å². The van der Waals surface area contributed by atoms with Crippen LogP contribution in [0.5, 0.6) is 11.5 Å². The molecule has 0 saturated heterocycles. The third-order valence-electron chi connectivity index (χ3n) is 4.15. The quantitative estimate of drug-likeness (QED) is 0.404. The fourth-order valence-corrected chi connectivity index (χ4v) is 3.21. The van der Waals surface area contributed by atoms with Gasteiger partial charge in [0, 0.05) is 26.0 Å². The van der Waals surface area contributed by atoms with Crippen LogP contribution >= 0.6 is 15.9 Å². The number of aliphatic hydroxyl groups is 4. The SMILES string of the molecule is OCC(O)COc1c2ccccc2c(OCC(O)CO)c2cc(Br)ccc12. The molecule has 6 nitrogen and oxygen atoms in total. The summed E-state index contributed by atoms with van der Waals surface area (Å²) in [4.78, 5) is 0. The zero-order valence-electron chi connectivity index (χ0n) is 14.5. The van der Waals surface area contributed by atoms with Crippen LogP contribution in [0.3, 0.4) is 0 Å². The molecule has 0 amide bonds. The van der Waals surface area contributed by atoms with Crippen molar-refractivity contribution in [3.8, 4) is 11.5 Å². The largest absolute Gasteiger partial charge is 0.489 e. The Morgan fingerprint density at radius 2 is 1.22 bits per heavy atom. The molecule has 27 heavy (non-hydrogen) atoms. The number of hydrogen-bond donors (Lipinski definition) is 4. The van der Waals surface area contributed by atoms with Gasteiger partial charge >= 0.3 is 0 Å². The van der Waals surface area contributed by atoms with Crippen molar-refractivity contribution in [2.24, 2.45) is 0 Å². The average molecular weight is 437 g/mol. The van der Waals surface area contributed by atoms with Gasteiger partial charge in [-0.15, -0.1) is 0 Å². The smallest absolute Gasteiger partial charge is 0.135 e. The number of hydrogen-bond acceptors (Lipinski definition) is 6. The Kier molecular flexibility index (Phi) is 6.51. The van der Waals surface area contributed by atoms with Crippen molar-refractivity contribution in [2.75, 3.05) is 26.4 Å². The summed E-state index contributed by atoms with van der Waals surface area (Å²) in [6, 6.07) is 13.1. The first-order chi connectivity index (χ1) is 13.0. The van der Waals surface area contributed by atoms with E-state index < -0.39 is 12.2 Å². The first-order valence-corrected chi connectivity index (χ1v) is 9.31. The van der Waals surface area contributed by atoms with E-state index in [0.717, 1.165) is 26.0 Å². The Morgan fingerprint density at radius 1 is 0.741 bits per heavy atom. The number of benzene rings is 3. The summed E-state index contributed by atoms with van der Waals surface area (Å²) in [6.45, 7) is -0.873. The van der Waals surface area contributed by atoms with Crippen LogP contribution in [0.25, 0.3) is 21.5 Å². The summed E-state index contributed by atoms with van der Waals surface area (Å²) >= 11 is 3.46. The van der Waals surface area contributed by atoms with Crippen LogP contribution in [0, 0.1) is 0 Å². The molecular weight excluding hydrogens is 416 g/mol. The lowest BCUT2D eigenvalue weighted by Gasteiger charge is -2.19. The Balaban J connectivity index is 2.19. The molecule has 0 aromatic heterocycles. The number of halogens is 1. The molecule has 2 unspecified atom stereocenters. The van der Waals surface area contributed by atoms with Crippen molar-refractivity contribution in [3.05, 3.63) is 46.9 Å². The van der Waals surface area contributed by atoms with Gasteiger partial charge in [0.2, 0.25) is 0 Å². The van der Waals surface area contributed by atoms with Gasteiger partial charge in [0.1, 0.15) is 36.9 Å². The minimum atomic E-state index is -0.985. The zero-order chi connectivity index (χ0) is 19.4. The maximum atomic E-state index is 9.68. The van der Waals surface area contributed by atoms with E-state index in [1.807, 2.05) is 42.5 Å². The highest BCUT2D eigenvalue weighted by Crippen LogP contribution is 2.43. The maximum Gasteiger partial charge on any atom is 0.135 e. The maximum absolute atomic E-state index is 9.68. The molecule has 0 aliphatic heterocycles. The number of rotatable bonds is 8. The van der Waals surface area contributed by atoms with Crippen molar-refractivity contribution in [3.63, 3.8) is 0 Å². The summed E-state index contributed by atoms with van der Waals surface area (Å²) in [5, 5.41) is 40.6. The van der Waals surface area contributed by atoms with Crippen LogP contribution in [0.4, 0.5) is 0 Å². The molecule has 3 aromatic carbocycles. The Labute approximate surface area is 164 Å². The van der Waals surface area contributed by atoms with Crippen LogP contribution in [0.1, 0.15) is 0 Å². The molecule has 3 aromatic rings. The molecule has 2 atom stereocenters. The fourth-order valence-electron chi connectivity index (χ4n) is 2.85. The third-order valence-corrected chi connectivity index (χ3v) is 4.64. The van der Waals surface area contributed by atoms with Crippen molar-refractivity contribution >= 4 is 37.5 Å². The van der Waals surface area contributed by atoms with Gasteiger partial charge in [-0.3, -0.25) is 0 Å². The van der Waals surface area contributed by atoms with E-state index in [1.165, 1.54) is 0 Å². The van der Waals surface area contributed by atoms with Crippen LogP contribution in [-0.4, -0.2) is 59.1 Å². The van der Waals surface area contributed by atoms with Gasteiger partial charge in [0.15, 0.2) is 0 Å². The van der Waals surface area contributed by atoms with Crippen molar-refractivity contribution < 1.29 is 29.9 Å². The van der Waals surface area contributed by atoms with Gasteiger partial charge in [-0.1, -0.05) is 40.2 Å². The third kappa shape index (κ3) is 4.34. The average Bonchev–Trinajstić information content (AvgIpc) is 2.69. The van der Waals surface area contributed by atoms with E-state index in [-0.39, 0.29) is 26.4 Å². The van der Waals surface area contributed by atoms with E-state index in [4.69, 9.17) is 19.7 Å². The molecule has 0 bridgehead atoms. The number of aliphatic hydroxyl groups excluding tert-OH is 4. The van der Waals surface area contributed by atoms with Crippen molar-refractivity contribution in [1.29, 1.82) is 0 Å². The van der Waals surface area contributed by atoms with E-state index in [0.29, 0.717) is 11.5 Å². The standard InChI is InChI=1S/C20H21BrO6/c21-12-5-6-17-18(7-12)20(27-11-14(25)9-23)16-4-2-1-3-15(16)19(17)26-10-13(24)8-22/h1-7,13-14,22-25H,8-11H2. The second-order valence-electron chi connectivity index (χ2n) is 6.19. The van der Waals surface area contributed by atoms with Gasteiger partial charge in [-0.05, 0) is 18.2 Å². The molecule has 3 rings (SSSR count). The van der Waals surface area contributed by atoms with Gasteiger partial charge < -0.3 is 29.9 Å². The molecule has 0 fully saturated rings. The van der Waals surface area contributed by atoms with Crippen LogP contribution in [-0.2, 0) is 0 Å². The summed E-state index contributed by atoms with van der Waals surface area (Å²) < 4.78 is 12.6. The molecule has 4 N–H and O–H groups in total. The van der Waals surface area contributed by atoms with Gasteiger partial charge in [0.05, 0.1) is 13.2 Å². The molecule has 0 spiro atoms. The highest BCUT2D eigenvalue weighted by Gasteiger charge is 2.18. The van der Waals surface area contributed by atoms with E-state index in [1.54, 1.807) is 0 Å². The van der Waals surface area contributed by atoms with E-state index in [9.17, 15) is 10.2 Å². The monoisotopic (exact) mass is 436 g/mol. The minimum Gasteiger partial charge on any atom is -0.489 e. The van der Waals surface area contributed by atoms with Gasteiger partial charge in [-0.25, -0.2) is 0 Å². The minimum absolute atomic E-state index is 0.0465. The van der Waals surface area contributed by atoms with Crippen molar-refractivity contribution in [2.45, 2.75) is 12.2 Å². The lowest BCUT2D eigenvalue weighted by molar-refractivity contribution is 0.0539. The number of ether oxygens (including phenoxy) is 2. The molecule has 7 heteroatoms. The first-order valence-electron chi connectivity index (χ1n) is 8.52. The van der Waals surface area contributed by atoms with E-state index >= 15 is 0 Å². The Bertz CT molecular complexity index is 929. The summed E-state index contributed by atoms with van der Waals surface area (Å²) in [5.41, 5.74) is 0. The zero-order valence-corrected chi connectivity index (χ0v) is 16.1. The fraction of sp³-hybridized carbons (Fsp3) is 0.300. The van der Waals surface area contributed by atoms with Crippen LogP contribution in [0.15, 0.2) is 46.9 Å².